The van der Waals surface area contributed by atoms with Crippen LogP contribution in [0.1, 0.15) is 0 Å². The summed E-state index contributed by atoms with van der Waals surface area (Å²) in [5.41, 5.74) is 4.95. The number of alkyl halides is 3. The van der Waals surface area contributed by atoms with E-state index < -0.39 is 25.4 Å². The summed E-state index contributed by atoms with van der Waals surface area (Å²) in [6.07, 6.45) is -4.35. The van der Waals surface area contributed by atoms with Crippen LogP contribution in [-0.4, -0.2) is 25.4 Å². The predicted octanol–water partition coefficient (Wildman–Crippen LogP) is 0.416. The van der Waals surface area contributed by atoms with Crippen molar-refractivity contribution in [3.05, 3.63) is 0 Å². The zero-order chi connectivity index (χ0) is 8.91. The molecular weight excluding hydrogens is 161 g/mol. The van der Waals surface area contributed by atoms with Gasteiger partial charge in [-0.05, 0) is 0 Å². The molecular formula is C5H7F3N2O. The lowest BCUT2D eigenvalue weighted by molar-refractivity contribution is -0.174. The summed E-state index contributed by atoms with van der Waals surface area (Å²) in [4.78, 5) is 0. The Hall–Kier alpha value is -0.800. The van der Waals surface area contributed by atoms with Crippen LogP contribution in [0, 0.1) is 11.3 Å². The summed E-state index contributed by atoms with van der Waals surface area (Å²) in [5, 5.41) is 8.03. The largest absolute Gasteiger partial charge is 0.411 e. The molecule has 0 aliphatic heterocycles. The summed E-state index contributed by atoms with van der Waals surface area (Å²) in [7, 11) is 0. The fourth-order valence-electron chi connectivity index (χ4n) is 0.339. The van der Waals surface area contributed by atoms with Gasteiger partial charge in [0.1, 0.15) is 12.6 Å². The van der Waals surface area contributed by atoms with Gasteiger partial charge in [0.05, 0.1) is 12.7 Å². The van der Waals surface area contributed by atoms with E-state index in [4.69, 9.17) is 11.0 Å². The molecule has 0 aromatic carbocycles. The number of hydrogen-bond donors (Lipinski definition) is 1. The molecule has 64 valence electrons. The van der Waals surface area contributed by atoms with Crippen molar-refractivity contribution >= 4 is 0 Å². The maximum Gasteiger partial charge on any atom is 0.411 e. The van der Waals surface area contributed by atoms with Crippen molar-refractivity contribution in [2.45, 2.75) is 12.2 Å². The van der Waals surface area contributed by atoms with E-state index in [0.29, 0.717) is 0 Å². The van der Waals surface area contributed by atoms with Gasteiger partial charge in [0.25, 0.3) is 0 Å². The molecule has 6 heteroatoms. The lowest BCUT2D eigenvalue weighted by atomic mass is 10.4. The molecule has 0 saturated carbocycles. The van der Waals surface area contributed by atoms with E-state index in [1.165, 1.54) is 6.07 Å². The Balaban J connectivity index is 3.37. The summed E-state index contributed by atoms with van der Waals surface area (Å²) in [6.45, 7) is -1.75. The summed E-state index contributed by atoms with van der Waals surface area (Å²) >= 11 is 0. The Morgan fingerprint density at radius 3 is 2.45 bits per heavy atom. The van der Waals surface area contributed by atoms with Gasteiger partial charge in [0, 0.05) is 0 Å². The zero-order valence-corrected chi connectivity index (χ0v) is 5.56. The van der Waals surface area contributed by atoms with Crippen molar-refractivity contribution < 1.29 is 17.9 Å². The van der Waals surface area contributed by atoms with Gasteiger partial charge in [-0.2, -0.15) is 18.4 Å². The lowest BCUT2D eigenvalue weighted by Crippen LogP contribution is -2.27. The van der Waals surface area contributed by atoms with Crippen molar-refractivity contribution in [1.29, 1.82) is 5.26 Å². The second kappa shape index (κ2) is 4.16. The minimum Gasteiger partial charge on any atom is -0.369 e. The van der Waals surface area contributed by atoms with E-state index in [9.17, 15) is 13.2 Å². The normalized spacial score (nSPS) is 14.1. The van der Waals surface area contributed by atoms with Crippen molar-refractivity contribution in [2.75, 3.05) is 13.2 Å². The van der Waals surface area contributed by atoms with E-state index >= 15 is 0 Å². The average Bonchev–Trinajstić information content (AvgIpc) is 1.85. The third-order valence-corrected chi connectivity index (χ3v) is 0.729. The summed E-state index contributed by atoms with van der Waals surface area (Å²) in [5.74, 6) is 0. The molecule has 0 aromatic heterocycles. The van der Waals surface area contributed by atoms with E-state index in [2.05, 4.69) is 4.74 Å². The van der Waals surface area contributed by atoms with Gasteiger partial charge in [-0.1, -0.05) is 0 Å². The van der Waals surface area contributed by atoms with Crippen LogP contribution in [0.15, 0.2) is 0 Å². The highest BCUT2D eigenvalue weighted by Gasteiger charge is 2.27. The van der Waals surface area contributed by atoms with Crippen molar-refractivity contribution in [2.24, 2.45) is 5.73 Å². The average molecular weight is 168 g/mol. The van der Waals surface area contributed by atoms with Gasteiger partial charge in [-0.3, -0.25) is 0 Å². The standard InChI is InChI=1S/C5H7F3N2O/c6-5(7,8)3-11-2-4(10)1-9/h4H,2-3,10H2. The zero-order valence-electron chi connectivity index (χ0n) is 5.56. The molecule has 0 spiro atoms. The first kappa shape index (κ1) is 10.2. The Morgan fingerprint density at radius 2 is 2.09 bits per heavy atom. The van der Waals surface area contributed by atoms with Gasteiger partial charge in [0.2, 0.25) is 0 Å². The quantitative estimate of drug-likeness (QED) is 0.664. The number of nitrogens with zero attached hydrogens (tertiary/aromatic N) is 1. The topological polar surface area (TPSA) is 59.0 Å². The van der Waals surface area contributed by atoms with Crippen molar-refractivity contribution in [1.82, 2.24) is 0 Å². The van der Waals surface area contributed by atoms with E-state index in [0.717, 1.165) is 0 Å². The SMILES string of the molecule is N#CC(N)COCC(F)(F)F. The fourth-order valence-corrected chi connectivity index (χ4v) is 0.339. The highest BCUT2D eigenvalue weighted by molar-refractivity contribution is 4.85. The number of rotatable bonds is 3. The molecule has 0 radical (unpaired) electrons. The molecule has 0 aliphatic rings. The molecule has 0 bridgehead atoms. The third kappa shape index (κ3) is 7.09. The van der Waals surface area contributed by atoms with Gasteiger partial charge >= 0.3 is 6.18 Å². The first-order chi connectivity index (χ1) is 4.95. The second-order valence-corrected chi connectivity index (χ2v) is 1.87. The fraction of sp³-hybridized carbons (Fsp3) is 0.800. The van der Waals surface area contributed by atoms with E-state index in [1.54, 1.807) is 0 Å². The van der Waals surface area contributed by atoms with Gasteiger partial charge in [0.15, 0.2) is 0 Å². The van der Waals surface area contributed by atoms with Gasteiger partial charge < -0.3 is 10.5 Å². The molecule has 11 heavy (non-hydrogen) atoms. The predicted molar refractivity (Wildman–Crippen MR) is 30.5 cm³/mol. The maximum absolute atomic E-state index is 11.4. The molecule has 1 unspecified atom stereocenters. The molecule has 0 aliphatic carbocycles. The number of halogens is 3. The van der Waals surface area contributed by atoms with Crippen LogP contribution in [0.3, 0.4) is 0 Å². The first-order valence-electron chi connectivity index (χ1n) is 2.75. The van der Waals surface area contributed by atoms with E-state index in [1.807, 2.05) is 0 Å². The van der Waals surface area contributed by atoms with Crippen LogP contribution in [0.2, 0.25) is 0 Å². The number of nitriles is 1. The van der Waals surface area contributed by atoms with Gasteiger partial charge in [-0.15, -0.1) is 0 Å². The Bertz CT molecular complexity index is 151. The molecule has 2 N–H and O–H groups in total. The highest BCUT2D eigenvalue weighted by Crippen LogP contribution is 2.14. The van der Waals surface area contributed by atoms with Crippen LogP contribution < -0.4 is 5.73 Å². The van der Waals surface area contributed by atoms with Gasteiger partial charge in [-0.25, -0.2) is 0 Å². The molecule has 0 rings (SSSR count). The molecule has 0 aromatic rings. The lowest BCUT2D eigenvalue weighted by Gasteiger charge is -2.07. The maximum atomic E-state index is 11.4. The first-order valence-corrected chi connectivity index (χ1v) is 2.75. The minimum absolute atomic E-state index is 0.393. The highest BCUT2D eigenvalue weighted by atomic mass is 19.4. The van der Waals surface area contributed by atoms with Crippen molar-refractivity contribution in [3.63, 3.8) is 0 Å². The number of nitrogens with two attached hydrogens (primary N) is 1. The molecule has 0 fully saturated rings. The Morgan fingerprint density at radius 1 is 1.55 bits per heavy atom. The smallest absolute Gasteiger partial charge is 0.369 e. The van der Waals surface area contributed by atoms with Crippen LogP contribution in [0.25, 0.3) is 0 Å². The Labute approximate surface area is 61.5 Å². The molecule has 0 heterocycles. The van der Waals surface area contributed by atoms with E-state index in [-0.39, 0.29) is 0 Å². The summed E-state index contributed by atoms with van der Waals surface area (Å²) < 4.78 is 38.2. The summed E-state index contributed by atoms with van der Waals surface area (Å²) in [6, 6.07) is 0.548. The third-order valence-electron chi connectivity index (χ3n) is 0.729. The Kier molecular flexibility index (Phi) is 3.85. The van der Waals surface area contributed by atoms with Crippen LogP contribution in [0.4, 0.5) is 13.2 Å². The van der Waals surface area contributed by atoms with Crippen molar-refractivity contribution in [3.8, 4) is 6.07 Å². The second-order valence-electron chi connectivity index (χ2n) is 1.87. The molecule has 1 atom stereocenters. The monoisotopic (exact) mass is 168 g/mol. The molecule has 0 saturated heterocycles. The van der Waals surface area contributed by atoms with Crippen LogP contribution in [-0.2, 0) is 4.74 Å². The van der Waals surface area contributed by atoms with Crippen LogP contribution >= 0.6 is 0 Å². The molecule has 0 amide bonds. The molecule has 3 nitrogen and oxygen atoms in total. The number of hydrogen-bond acceptors (Lipinski definition) is 3. The minimum atomic E-state index is -4.35. The van der Waals surface area contributed by atoms with Crippen LogP contribution in [0.5, 0.6) is 0 Å². The number of ether oxygens (including phenoxy) is 1.